The topological polar surface area (TPSA) is 46.9 Å². The Kier molecular flexibility index (Phi) is 1.73. The highest BCUT2D eigenvalue weighted by Gasteiger charge is 1.98. The first-order valence-corrected chi connectivity index (χ1v) is 3.93. The Morgan fingerprint density at radius 2 is 2.38 bits per heavy atom. The van der Waals surface area contributed by atoms with Crippen LogP contribution in [0.2, 0.25) is 0 Å². The van der Waals surface area contributed by atoms with Crippen molar-refractivity contribution in [3.63, 3.8) is 0 Å². The maximum atomic E-state index is 10.2. The highest BCUT2D eigenvalue weighted by atomic mass is 16.1. The van der Waals surface area contributed by atoms with Crippen molar-refractivity contribution in [3.8, 4) is 0 Å². The van der Waals surface area contributed by atoms with Gasteiger partial charge in [0.1, 0.15) is 0 Å². The monoisotopic (exact) mass is 175 g/mol. The van der Waals surface area contributed by atoms with E-state index < -0.39 is 0 Å². The molecule has 4 heteroatoms. The van der Waals surface area contributed by atoms with Gasteiger partial charge < -0.3 is 5.32 Å². The fraction of sp³-hybridized carbons (Fsp3) is 0.111. The molecular weight excluding hydrogens is 166 g/mol. The van der Waals surface area contributed by atoms with E-state index in [0.29, 0.717) is 6.41 Å². The fourth-order valence-electron chi connectivity index (χ4n) is 1.31. The number of rotatable bonds is 2. The zero-order valence-corrected chi connectivity index (χ0v) is 7.19. The van der Waals surface area contributed by atoms with Crippen LogP contribution in [0.5, 0.6) is 0 Å². The van der Waals surface area contributed by atoms with Gasteiger partial charge in [0.05, 0.1) is 5.52 Å². The second-order valence-corrected chi connectivity index (χ2v) is 2.84. The summed E-state index contributed by atoms with van der Waals surface area (Å²) in [4.78, 5) is 10.2. The Labute approximate surface area is 75.2 Å². The van der Waals surface area contributed by atoms with Gasteiger partial charge in [-0.2, -0.15) is 5.10 Å². The summed E-state index contributed by atoms with van der Waals surface area (Å²) in [5.74, 6) is 0. The van der Waals surface area contributed by atoms with E-state index in [-0.39, 0.29) is 0 Å². The molecule has 66 valence electrons. The Morgan fingerprint density at radius 3 is 3.15 bits per heavy atom. The van der Waals surface area contributed by atoms with Crippen molar-refractivity contribution in [2.75, 3.05) is 5.32 Å². The lowest BCUT2D eigenvalue weighted by atomic mass is 10.2. The summed E-state index contributed by atoms with van der Waals surface area (Å²) in [5.41, 5.74) is 1.72. The average molecular weight is 175 g/mol. The number of carbonyl (C=O) groups is 1. The van der Waals surface area contributed by atoms with Crippen molar-refractivity contribution in [3.05, 3.63) is 24.4 Å². The van der Waals surface area contributed by atoms with Crippen LogP contribution >= 0.6 is 0 Å². The molecule has 0 radical (unpaired) electrons. The number of nitrogens with zero attached hydrogens (tertiary/aromatic N) is 2. The Bertz CT molecular complexity index is 447. The van der Waals surface area contributed by atoms with Crippen LogP contribution in [-0.2, 0) is 11.8 Å². The normalized spacial score (nSPS) is 10.2. The molecule has 4 nitrogen and oxygen atoms in total. The SMILES string of the molecule is Cn1cc2cc(NC=O)ccc2n1. The molecule has 0 spiro atoms. The summed E-state index contributed by atoms with van der Waals surface area (Å²) in [6.45, 7) is 0. The number of hydrogen-bond donors (Lipinski definition) is 1. The maximum absolute atomic E-state index is 10.2. The fourth-order valence-corrected chi connectivity index (χ4v) is 1.31. The standard InChI is InChI=1S/C9H9N3O/c1-12-5-7-4-8(10-6-13)2-3-9(7)11-12/h2-6H,1H3,(H,10,13). The molecule has 0 bridgehead atoms. The lowest BCUT2D eigenvalue weighted by Crippen LogP contribution is -1.92. The third-order valence-electron chi connectivity index (χ3n) is 1.84. The summed E-state index contributed by atoms with van der Waals surface area (Å²) < 4.78 is 1.75. The molecule has 1 heterocycles. The van der Waals surface area contributed by atoms with E-state index in [1.54, 1.807) is 4.68 Å². The lowest BCUT2D eigenvalue weighted by molar-refractivity contribution is -0.105. The zero-order chi connectivity index (χ0) is 9.26. The number of nitrogens with one attached hydrogen (secondary N) is 1. The first kappa shape index (κ1) is 7.79. The van der Waals surface area contributed by atoms with Gasteiger partial charge in [-0.25, -0.2) is 0 Å². The van der Waals surface area contributed by atoms with Gasteiger partial charge in [0.15, 0.2) is 0 Å². The molecule has 0 unspecified atom stereocenters. The molecule has 1 amide bonds. The minimum Gasteiger partial charge on any atom is -0.329 e. The number of benzene rings is 1. The molecule has 0 aliphatic rings. The van der Waals surface area contributed by atoms with Crippen LogP contribution in [0.4, 0.5) is 5.69 Å². The van der Waals surface area contributed by atoms with Crippen LogP contribution < -0.4 is 5.32 Å². The molecule has 13 heavy (non-hydrogen) atoms. The van der Waals surface area contributed by atoms with Gasteiger partial charge in [0.2, 0.25) is 6.41 Å². The molecule has 0 fully saturated rings. The molecule has 2 aromatic rings. The minimum absolute atomic E-state index is 0.664. The van der Waals surface area contributed by atoms with Crippen LogP contribution in [-0.4, -0.2) is 16.2 Å². The number of amides is 1. The van der Waals surface area contributed by atoms with Crippen molar-refractivity contribution >= 4 is 23.0 Å². The highest BCUT2D eigenvalue weighted by Crippen LogP contribution is 2.16. The molecule has 1 aromatic carbocycles. The van der Waals surface area contributed by atoms with Crippen molar-refractivity contribution < 1.29 is 4.79 Å². The number of aryl methyl sites for hydroxylation is 1. The van der Waals surface area contributed by atoms with Crippen LogP contribution in [0.15, 0.2) is 24.4 Å². The van der Waals surface area contributed by atoms with E-state index >= 15 is 0 Å². The summed E-state index contributed by atoms with van der Waals surface area (Å²) in [6.07, 6.45) is 2.57. The molecule has 0 atom stereocenters. The Morgan fingerprint density at radius 1 is 1.54 bits per heavy atom. The quantitative estimate of drug-likeness (QED) is 0.696. The number of carbonyl (C=O) groups excluding carboxylic acids is 1. The molecule has 0 aliphatic heterocycles. The third-order valence-corrected chi connectivity index (χ3v) is 1.84. The number of fused-ring (bicyclic) bond motifs is 1. The van der Waals surface area contributed by atoms with Crippen molar-refractivity contribution in [1.82, 2.24) is 9.78 Å². The highest BCUT2D eigenvalue weighted by molar-refractivity contribution is 5.84. The molecular formula is C9H9N3O. The van der Waals surface area contributed by atoms with Gasteiger partial charge in [0.25, 0.3) is 0 Å². The maximum Gasteiger partial charge on any atom is 0.211 e. The number of hydrogen-bond acceptors (Lipinski definition) is 2. The predicted molar refractivity (Wildman–Crippen MR) is 50.4 cm³/mol. The molecule has 0 saturated carbocycles. The van der Waals surface area contributed by atoms with Gasteiger partial charge in [-0.1, -0.05) is 0 Å². The first-order chi connectivity index (χ1) is 6.29. The largest absolute Gasteiger partial charge is 0.329 e. The third kappa shape index (κ3) is 1.38. The van der Waals surface area contributed by atoms with Gasteiger partial charge in [-0.05, 0) is 18.2 Å². The van der Waals surface area contributed by atoms with Crippen LogP contribution in [0.3, 0.4) is 0 Å². The zero-order valence-electron chi connectivity index (χ0n) is 7.19. The van der Waals surface area contributed by atoms with Gasteiger partial charge in [0, 0.05) is 24.3 Å². The summed E-state index contributed by atoms with van der Waals surface area (Å²) in [6, 6.07) is 5.58. The van der Waals surface area contributed by atoms with E-state index in [1.165, 1.54) is 0 Å². The van der Waals surface area contributed by atoms with E-state index in [1.807, 2.05) is 31.4 Å². The summed E-state index contributed by atoms with van der Waals surface area (Å²) in [7, 11) is 1.87. The van der Waals surface area contributed by atoms with E-state index in [9.17, 15) is 4.79 Å². The van der Waals surface area contributed by atoms with Crippen LogP contribution in [0.1, 0.15) is 0 Å². The minimum atomic E-state index is 0.664. The van der Waals surface area contributed by atoms with Crippen molar-refractivity contribution in [1.29, 1.82) is 0 Å². The number of aromatic nitrogens is 2. The van der Waals surface area contributed by atoms with Gasteiger partial charge in [-0.3, -0.25) is 9.48 Å². The van der Waals surface area contributed by atoms with E-state index in [2.05, 4.69) is 10.4 Å². The second kappa shape index (κ2) is 2.90. The van der Waals surface area contributed by atoms with Crippen molar-refractivity contribution in [2.24, 2.45) is 7.05 Å². The summed E-state index contributed by atoms with van der Waals surface area (Å²) >= 11 is 0. The van der Waals surface area contributed by atoms with Gasteiger partial charge in [-0.15, -0.1) is 0 Å². The first-order valence-electron chi connectivity index (χ1n) is 3.93. The molecule has 0 saturated heterocycles. The molecule has 1 aromatic heterocycles. The average Bonchev–Trinajstić information content (AvgIpc) is 2.44. The molecule has 1 N–H and O–H groups in total. The van der Waals surface area contributed by atoms with E-state index in [0.717, 1.165) is 16.6 Å². The second-order valence-electron chi connectivity index (χ2n) is 2.84. The van der Waals surface area contributed by atoms with Gasteiger partial charge >= 0.3 is 0 Å². The van der Waals surface area contributed by atoms with Crippen LogP contribution in [0.25, 0.3) is 10.9 Å². The molecule has 2 rings (SSSR count). The van der Waals surface area contributed by atoms with E-state index in [4.69, 9.17) is 0 Å². The predicted octanol–water partition coefficient (Wildman–Crippen LogP) is 1.14. The smallest absolute Gasteiger partial charge is 0.211 e. The Hall–Kier alpha value is -1.84. The van der Waals surface area contributed by atoms with Crippen LogP contribution in [0, 0.1) is 0 Å². The Balaban J connectivity index is 2.54. The molecule has 0 aliphatic carbocycles. The lowest BCUT2D eigenvalue weighted by Gasteiger charge is -1.95. The number of anilines is 1. The summed E-state index contributed by atoms with van der Waals surface area (Å²) in [5, 5.41) is 7.83. The van der Waals surface area contributed by atoms with Crippen molar-refractivity contribution in [2.45, 2.75) is 0 Å².